The first-order valence-corrected chi connectivity index (χ1v) is 8.89. The number of aliphatic hydroxyl groups is 1. The van der Waals surface area contributed by atoms with Gasteiger partial charge < -0.3 is 10.4 Å². The normalized spacial score (nSPS) is 17.7. The molecular formula is C16H22N4O2S. The largest absolute Gasteiger partial charge is 0.388 e. The molecule has 1 fully saturated rings. The molecule has 0 atom stereocenters. The molecule has 0 aromatic carbocycles. The summed E-state index contributed by atoms with van der Waals surface area (Å²) >= 11 is 1.42. The molecule has 0 aliphatic heterocycles. The Labute approximate surface area is 139 Å². The summed E-state index contributed by atoms with van der Waals surface area (Å²) in [5.41, 5.74) is 0.527. The van der Waals surface area contributed by atoms with Crippen molar-refractivity contribution < 1.29 is 9.90 Å². The Kier molecular flexibility index (Phi) is 4.77. The summed E-state index contributed by atoms with van der Waals surface area (Å²) in [7, 11) is 1.85. The molecule has 2 N–H and O–H groups in total. The van der Waals surface area contributed by atoms with Crippen molar-refractivity contribution in [3.05, 3.63) is 23.5 Å². The maximum absolute atomic E-state index is 12.3. The number of aromatic nitrogens is 3. The zero-order valence-electron chi connectivity index (χ0n) is 13.3. The molecule has 0 unspecified atom stereocenters. The van der Waals surface area contributed by atoms with Crippen LogP contribution in [0.2, 0.25) is 0 Å². The average molecular weight is 334 g/mol. The van der Waals surface area contributed by atoms with Crippen molar-refractivity contribution in [3.8, 4) is 10.6 Å². The molecule has 23 heavy (non-hydrogen) atoms. The van der Waals surface area contributed by atoms with Gasteiger partial charge in [-0.15, -0.1) is 11.3 Å². The van der Waals surface area contributed by atoms with Gasteiger partial charge >= 0.3 is 0 Å². The van der Waals surface area contributed by atoms with Crippen molar-refractivity contribution in [1.82, 2.24) is 20.1 Å². The lowest BCUT2D eigenvalue weighted by Crippen LogP contribution is -2.42. The van der Waals surface area contributed by atoms with E-state index in [1.165, 1.54) is 11.3 Å². The van der Waals surface area contributed by atoms with Crippen LogP contribution < -0.4 is 5.32 Å². The Morgan fingerprint density at radius 1 is 1.39 bits per heavy atom. The molecule has 3 rings (SSSR count). The van der Waals surface area contributed by atoms with Crippen LogP contribution in [0.4, 0.5) is 0 Å². The van der Waals surface area contributed by atoms with Gasteiger partial charge in [-0.2, -0.15) is 5.10 Å². The molecule has 1 aliphatic rings. The highest BCUT2D eigenvalue weighted by atomic mass is 32.1. The van der Waals surface area contributed by atoms with Crippen LogP contribution in [-0.4, -0.2) is 37.9 Å². The van der Waals surface area contributed by atoms with Gasteiger partial charge in [0.25, 0.3) is 5.91 Å². The van der Waals surface area contributed by atoms with Crippen molar-refractivity contribution in [2.75, 3.05) is 6.54 Å². The fourth-order valence-corrected chi connectivity index (χ4v) is 3.72. The Morgan fingerprint density at radius 3 is 2.78 bits per heavy atom. The van der Waals surface area contributed by atoms with Crippen LogP contribution in [-0.2, 0) is 7.05 Å². The first kappa shape index (κ1) is 16.1. The third-order valence-corrected chi connectivity index (χ3v) is 5.19. The van der Waals surface area contributed by atoms with Gasteiger partial charge in [0, 0.05) is 30.7 Å². The predicted molar refractivity (Wildman–Crippen MR) is 89.3 cm³/mol. The Hall–Kier alpha value is -1.73. The van der Waals surface area contributed by atoms with Gasteiger partial charge in [-0.05, 0) is 12.8 Å². The smallest absolute Gasteiger partial charge is 0.270 e. The van der Waals surface area contributed by atoms with E-state index in [2.05, 4.69) is 15.4 Å². The molecule has 6 nitrogen and oxygen atoms in total. The number of nitrogens with zero attached hydrogens (tertiary/aromatic N) is 3. The Morgan fingerprint density at radius 2 is 2.13 bits per heavy atom. The number of thiazole rings is 1. The maximum Gasteiger partial charge on any atom is 0.270 e. The van der Waals surface area contributed by atoms with Crippen molar-refractivity contribution in [2.24, 2.45) is 7.05 Å². The molecule has 2 heterocycles. The summed E-state index contributed by atoms with van der Waals surface area (Å²) in [5, 5.41) is 20.1. The van der Waals surface area contributed by atoms with Gasteiger partial charge in [-0.3, -0.25) is 9.48 Å². The lowest BCUT2D eigenvalue weighted by atomic mass is 9.94. The van der Waals surface area contributed by atoms with Crippen LogP contribution in [0.3, 0.4) is 0 Å². The molecule has 0 saturated heterocycles. The maximum atomic E-state index is 12.3. The first-order valence-electron chi connectivity index (χ1n) is 8.01. The van der Waals surface area contributed by atoms with Gasteiger partial charge in [0.15, 0.2) is 0 Å². The molecule has 0 bridgehead atoms. The van der Waals surface area contributed by atoms with E-state index in [1.807, 2.05) is 13.2 Å². The van der Waals surface area contributed by atoms with Gasteiger partial charge in [-0.25, -0.2) is 4.98 Å². The minimum Gasteiger partial charge on any atom is -0.388 e. The summed E-state index contributed by atoms with van der Waals surface area (Å²) in [6, 6.07) is 0. The number of aryl methyl sites for hydroxylation is 1. The van der Waals surface area contributed by atoms with Crippen molar-refractivity contribution in [2.45, 2.75) is 44.1 Å². The SMILES string of the molecule is Cn1cc(-c2nc(C(=O)NCC3(O)CCCCCC3)cs2)cn1. The second-order valence-electron chi connectivity index (χ2n) is 6.26. The van der Waals surface area contributed by atoms with Crippen LogP contribution in [0.25, 0.3) is 10.6 Å². The van der Waals surface area contributed by atoms with E-state index in [0.29, 0.717) is 12.2 Å². The van der Waals surface area contributed by atoms with Crippen LogP contribution in [0.1, 0.15) is 49.0 Å². The van der Waals surface area contributed by atoms with E-state index in [4.69, 9.17) is 0 Å². The highest BCUT2D eigenvalue weighted by molar-refractivity contribution is 7.13. The number of nitrogens with one attached hydrogen (secondary N) is 1. The average Bonchev–Trinajstić information content (AvgIpc) is 3.12. The lowest BCUT2D eigenvalue weighted by molar-refractivity contribution is 0.0246. The second kappa shape index (κ2) is 6.80. The van der Waals surface area contributed by atoms with E-state index < -0.39 is 5.60 Å². The second-order valence-corrected chi connectivity index (χ2v) is 7.12. The zero-order valence-corrected chi connectivity index (χ0v) is 14.1. The summed E-state index contributed by atoms with van der Waals surface area (Å²) in [5.74, 6) is -0.228. The van der Waals surface area contributed by atoms with E-state index in [0.717, 1.165) is 49.1 Å². The van der Waals surface area contributed by atoms with Crippen molar-refractivity contribution in [3.63, 3.8) is 0 Å². The van der Waals surface area contributed by atoms with Gasteiger partial charge in [0.05, 0.1) is 11.8 Å². The number of carbonyl (C=O) groups excluding carboxylic acids is 1. The predicted octanol–water partition coefficient (Wildman–Crippen LogP) is 2.36. The summed E-state index contributed by atoms with van der Waals surface area (Å²) in [6.45, 7) is 0.297. The monoisotopic (exact) mass is 334 g/mol. The number of hydrogen-bond acceptors (Lipinski definition) is 5. The molecule has 1 amide bonds. The molecule has 0 radical (unpaired) electrons. The van der Waals surface area contributed by atoms with Crippen molar-refractivity contribution in [1.29, 1.82) is 0 Å². The molecule has 0 spiro atoms. The summed E-state index contributed by atoms with van der Waals surface area (Å²) in [6.07, 6.45) is 9.48. The quantitative estimate of drug-likeness (QED) is 0.841. The van der Waals surface area contributed by atoms with Gasteiger partial charge in [0.1, 0.15) is 10.7 Å². The topological polar surface area (TPSA) is 80.0 Å². The highest BCUT2D eigenvalue weighted by Crippen LogP contribution is 2.27. The molecule has 2 aromatic heterocycles. The first-order chi connectivity index (χ1) is 11.1. The van der Waals surface area contributed by atoms with E-state index in [-0.39, 0.29) is 5.91 Å². The molecule has 7 heteroatoms. The van der Waals surface area contributed by atoms with E-state index in [1.54, 1.807) is 16.3 Å². The third-order valence-electron chi connectivity index (χ3n) is 4.30. The number of hydrogen-bond donors (Lipinski definition) is 2. The van der Waals surface area contributed by atoms with Crippen LogP contribution in [0, 0.1) is 0 Å². The minimum atomic E-state index is -0.769. The van der Waals surface area contributed by atoms with Crippen molar-refractivity contribution >= 4 is 17.2 Å². The lowest BCUT2D eigenvalue weighted by Gasteiger charge is -2.26. The summed E-state index contributed by atoms with van der Waals surface area (Å²) < 4.78 is 1.71. The molecule has 1 saturated carbocycles. The van der Waals surface area contributed by atoms with Crippen LogP contribution >= 0.6 is 11.3 Å². The minimum absolute atomic E-state index is 0.228. The van der Waals surface area contributed by atoms with E-state index in [9.17, 15) is 9.90 Å². The summed E-state index contributed by atoms with van der Waals surface area (Å²) in [4.78, 5) is 16.6. The molecule has 1 aliphatic carbocycles. The Bertz CT molecular complexity index is 671. The standard InChI is InChI=1S/C16H22N4O2S/c1-20-9-12(8-18-20)15-19-13(10-23-15)14(21)17-11-16(22)6-4-2-3-5-7-16/h8-10,22H,2-7,11H2,1H3,(H,17,21). The van der Waals surface area contributed by atoms with Gasteiger partial charge in [-0.1, -0.05) is 25.7 Å². The molecular weight excluding hydrogens is 312 g/mol. The number of carbonyl (C=O) groups is 1. The highest BCUT2D eigenvalue weighted by Gasteiger charge is 2.28. The van der Waals surface area contributed by atoms with Gasteiger partial charge in [0.2, 0.25) is 0 Å². The fourth-order valence-electron chi connectivity index (χ4n) is 2.94. The third kappa shape index (κ3) is 3.97. The number of rotatable bonds is 4. The zero-order chi connectivity index (χ0) is 16.3. The van der Waals surface area contributed by atoms with Crippen LogP contribution in [0.5, 0.6) is 0 Å². The van der Waals surface area contributed by atoms with Crippen LogP contribution in [0.15, 0.2) is 17.8 Å². The fraction of sp³-hybridized carbons (Fsp3) is 0.562. The molecule has 124 valence electrons. The Balaban J connectivity index is 1.61. The number of amides is 1. The van der Waals surface area contributed by atoms with E-state index >= 15 is 0 Å². The molecule has 2 aromatic rings.